The van der Waals surface area contributed by atoms with Crippen LogP contribution in [0.4, 0.5) is 5.82 Å². The molecule has 0 aromatic carbocycles. The average molecular weight is 563 g/mol. The summed E-state index contributed by atoms with van der Waals surface area (Å²) < 4.78 is 5.01. The van der Waals surface area contributed by atoms with Crippen LogP contribution in [-0.2, 0) is 9.53 Å². The molecule has 33 heavy (non-hydrogen) atoms. The number of aromatic nitrogens is 1. The highest BCUT2D eigenvalue weighted by Crippen LogP contribution is 2.27. The minimum atomic E-state index is -0.409. The highest BCUT2D eigenvalue weighted by molar-refractivity contribution is 7.99. The van der Waals surface area contributed by atoms with Crippen LogP contribution >= 0.6 is 60.6 Å². The van der Waals surface area contributed by atoms with Crippen molar-refractivity contribution in [1.82, 2.24) is 20.1 Å². The summed E-state index contributed by atoms with van der Waals surface area (Å²) in [5, 5.41) is 3.89. The van der Waals surface area contributed by atoms with E-state index in [9.17, 15) is 9.59 Å². The number of esters is 1. The number of carbonyl (C=O) groups excluding carboxylic acids is 2. The SMILES string of the molecule is CCOC(=O)c1cnc(N2CCN([C@@H]3CN[C@H](C(=O)N4CCSC4)C3)CC2)c(Cl)c1.Cl.Cl.Cl. The maximum Gasteiger partial charge on any atom is 0.339 e. The molecule has 0 saturated carbocycles. The van der Waals surface area contributed by atoms with Gasteiger partial charge in [-0.05, 0) is 19.4 Å². The summed E-state index contributed by atoms with van der Waals surface area (Å²) in [5.41, 5.74) is 0.369. The highest BCUT2D eigenvalue weighted by atomic mass is 35.5. The Hall–Kier alpha value is -0.680. The van der Waals surface area contributed by atoms with Crippen LogP contribution in [-0.4, -0.2) is 96.2 Å². The standard InChI is InChI=1S/C20H28ClN5O3S.3ClH/c1-2-29-20(28)14-9-16(21)18(23-11-14)25-5-3-24(4-6-25)15-10-17(22-12-15)19(27)26-7-8-30-13-26;;;/h9,11,15,17,22H,2-8,10,12-13H2,1H3;3*1H/t15-,17-;;;/m0.../s1. The van der Waals surface area contributed by atoms with Gasteiger partial charge in [-0.3, -0.25) is 9.69 Å². The number of nitrogens with zero attached hydrogens (tertiary/aromatic N) is 4. The molecule has 4 heterocycles. The van der Waals surface area contributed by atoms with E-state index in [4.69, 9.17) is 16.3 Å². The van der Waals surface area contributed by atoms with Crippen molar-refractivity contribution in [3.05, 3.63) is 22.8 Å². The maximum absolute atomic E-state index is 12.6. The topological polar surface area (TPSA) is 78.0 Å². The molecular formula is C20H31Cl4N5O3S. The Morgan fingerprint density at radius 1 is 1.21 bits per heavy atom. The summed E-state index contributed by atoms with van der Waals surface area (Å²) in [5.74, 6) is 2.41. The lowest BCUT2D eigenvalue weighted by molar-refractivity contribution is -0.131. The van der Waals surface area contributed by atoms with Crippen molar-refractivity contribution in [2.75, 3.05) is 62.4 Å². The van der Waals surface area contributed by atoms with E-state index >= 15 is 0 Å². The maximum atomic E-state index is 12.6. The summed E-state index contributed by atoms with van der Waals surface area (Å²) >= 11 is 8.23. The van der Waals surface area contributed by atoms with Gasteiger partial charge in [0.15, 0.2) is 0 Å². The van der Waals surface area contributed by atoms with Crippen LogP contribution < -0.4 is 10.2 Å². The fraction of sp³-hybridized carbons (Fsp3) is 0.650. The normalized spacial score (nSPS) is 22.7. The summed E-state index contributed by atoms with van der Waals surface area (Å²) in [4.78, 5) is 35.5. The first-order valence-electron chi connectivity index (χ1n) is 10.5. The van der Waals surface area contributed by atoms with Gasteiger partial charge in [-0.15, -0.1) is 49.0 Å². The van der Waals surface area contributed by atoms with Crippen molar-refractivity contribution in [1.29, 1.82) is 0 Å². The lowest BCUT2D eigenvalue weighted by Gasteiger charge is -2.38. The number of thioether (sulfide) groups is 1. The van der Waals surface area contributed by atoms with E-state index < -0.39 is 5.97 Å². The first-order chi connectivity index (χ1) is 14.6. The van der Waals surface area contributed by atoms with Gasteiger partial charge in [0.05, 0.1) is 29.1 Å². The van der Waals surface area contributed by atoms with Crippen molar-refractivity contribution < 1.29 is 14.3 Å². The third-order valence-corrected chi connectivity index (χ3v) is 7.18. The molecule has 3 aliphatic rings. The van der Waals surface area contributed by atoms with Gasteiger partial charge < -0.3 is 19.9 Å². The molecule has 0 unspecified atom stereocenters. The third kappa shape index (κ3) is 7.16. The van der Waals surface area contributed by atoms with Crippen LogP contribution in [0.3, 0.4) is 0 Å². The highest BCUT2D eigenvalue weighted by Gasteiger charge is 2.36. The average Bonchev–Trinajstić information content (AvgIpc) is 3.46. The molecule has 0 aliphatic carbocycles. The van der Waals surface area contributed by atoms with Crippen LogP contribution in [0.5, 0.6) is 0 Å². The van der Waals surface area contributed by atoms with Gasteiger partial charge in [0, 0.05) is 57.3 Å². The zero-order chi connectivity index (χ0) is 21.1. The van der Waals surface area contributed by atoms with E-state index in [1.54, 1.807) is 13.0 Å². The molecule has 1 amide bonds. The summed E-state index contributed by atoms with van der Waals surface area (Å²) in [6, 6.07) is 1.95. The summed E-state index contributed by atoms with van der Waals surface area (Å²) in [7, 11) is 0. The molecule has 3 aliphatic heterocycles. The van der Waals surface area contributed by atoms with Gasteiger partial charge in [-0.2, -0.15) is 0 Å². The fourth-order valence-corrected chi connectivity index (χ4v) is 5.52. The number of nitrogens with one attached hydrogen (secondary N) is 1. The number of ether oxygens (including phenoxy) is 1. The minimum absolute atomic E-state index is 0. The third-order valence-electron chi connectivity index (χ3n) is 5.93. The first kappa shape index (κ1) is 30.4. The molecular weight excluding hydrogens is 532 g/mol. The predicted octanol–water partition coefficient (Wildman–Crippen LogP) is 2.56. The molecule has 3 saturated heterocycles. The van der Waals surface area contributed by atoms with Crippen LogP contribution in [0.15, 0.2) is 12.3 Å². The number of halogens is 4. The molecule has 13 heteroatoms. The number of hydrogen-bond acceptors (Lipinski definition) is 8. The molecule has 0 spiro atoms. The number of pyridine rings is 1. The minimum Gasteiger partial charge on any atom is -0.462 e. The van der Waals surface area contributed by atoms with Gasteiger partial charge in [0.2, 0.25) is 5.91 Å². The van der Waals surface area contributed by atoms with Crippen molar-refractivity contribution >= 4 is 78.3 Å². The van der Waals surface area contributed by atoms with E-state index in [1.165, 1.54) is 6.20 Å². The number of amides is 1. The second-order valence-corrected chi connectivity index (χ2v) is 9.24. The molecule has 3 fully saturated rings. The smallest absolute Gasteiger partial charge is 0.339 e. The molecule has 1 aromatic rings. The second-order valence-electron chi connectivity index (χ2n) is 7.76. The van der Waals surface area contributed by atoms with Gasteiger partial charge in [0.25, 0.3) is 0 Å². The van der Waals surface area contributed by atoms with Gasteiger partial charge in [0.1, 0.15) is 5.82 Å². The van der Waals surface area contributed by atoms with Crippen molar-refractivity contribution in [3.63, 3.8) is 0 Å². The van der Waals surface area contributed by atoms with Crippen LogP contribution in [0, 0.1) is 0 Å². The van der Waals surface area contributed by atoms with Gasteiger partial charge in [-0.25, -0.2) is 9.78 Å². The molecule has 0 radical (unpaired) electrons. The number of piperazine rings is 1. The lowest BCUT2D eigenvalue weighted by Crippen LogP contribution is -2.51. The molecule has 1 N–H and O–H groups in total. The fourth-order valence-electron chi connectivity index (χ4n) is 4.28. The number of anilines is 1. The zero-order valence-electron chi connectivity index (χ0n) is 18.4. The lowest BCUT2D eigenvalue weighted by atomic mass is 10.1. The summed E-state index contributed by atoms with van der Waals surface area (Å²) in [6.07, 6.45) is 2.40. The van der Waals surface area contributed by atoms with E-state index in [-0.39, 0.29) is 49.2 Å². The largest absolute Gasteiger partial charge is 0.462 e. The van der Waals surface area contributed by atoms with Crippen molar-refractivity contribution in [2.24, 2.45) is 0 Å². The monoisotopic (exact) mass is 561 g/mol. The number of rotatable bonds is 5. The Bertz CT molecular complexity index is 795. The molecule has 1 aromatic heterocycles. The Morgan fingerprint density at radius 2 is 1.94 bits per heavy atom. The van der Waals surface area contributed by atoms with Crippen LogP contribution in [0.2, 0.25) is 5.02 Å². The Balaban J connectivity index is 0.00000181. The number of carbonyl (C=O) groups is 2. The molecule has 0 bridgehead atoms. The van der Waals surface area contributed by atoms with E-state index in [2.05, 4.69) is 20.1 Å². The van der Waals surface area contributed by atoms with Gasteiger partial charge >= 0.3 is 5.97 Å². The van der Waals surface area contributed by atoms with Crippen molar-refractivity contribution in [3.8, 4) is 0 Å². The van der Waals surface area contributed by atoms with Gasteiger partial charge in [-0.1, -0.05) is 11.6 Å². The molecule has 4 rings (SSSR count). The van der Waals surface area contributed by atoms with Crippen molar-refractivity contribution in [2.45, 2.75) is 25.4 Å². The Kier molecular flexibility index (Phi) is 12.9. The van der Waals surface area contributed by atoms with Crippen LogP contribution in [0.25, 0.3) is 0 Å². The zero-order valence-corrected chi connectivity index (χ0v) is 22.4. The Morgan fingerprint density at radius 3 is 2.55 bits per heavy atom. The quantitative estimate of drug-likeness (QED) is 0.549. The van der Waals surface area contributed by atoms with Crippen LogP contribution in [0.1, 0.15) is 23.7 Å². The summed E-state index contributed by atoms with van der Waals surface area (Å²) in [6.45, 7) is 7.21. The predicted molar refractivity (Wildman–Crippen MR) is 140 cm³/mol. The molecule has 8 nitrogen and oxygen atoms in total. The van der Waals surface area contributed by atoms with E-state index in [1.807, 2.05) is 16.7 Å². The Labute approximate surface area is 222 Å². The molecule has 2 atom stereocenters. The molecule has 188 valence electrons. The van der Waals surface area contributed by atoms with E-state index in [0.717, 1.165) is 57.3 Å². The van der Waals surface area contributed by atoms with E-state index in [0.29, 0.717) is 29.1 Å². The number of hydrogen-bond donors (Lipinski definition) is 1. The first-order valence-corrected chi connectivity index (χ1v) is 12.0. The second kappa shape index (κ2) is 14.0.